The number of hydrogen-bond acceptors (Lipinski definition) is 3. The van der Waals surface area contributed by atoms with Crippen LogP contribution in [0.3, 0.4) is 0 Å². The zero-order chi connectivity index (χ0) is 21.0. The summed E-state index contributed by atoms with van der Waals surface area (Å²) in [5.74, 6) is 0.382. The summed E-state index contributed by atoms with van der Waals surface area (Å²) in [6.07, 6.45) is 2.51. The Bertz CT molecular complexity index is 884. The van der Waals surface area contributed by atoms with Gasteiger partial charge in [-0.15, -0.1) is 0 Å². The highest BCUT2D eigenvalue weighted by molar-refractivity contribution is 9.10. The van der Waals surface area contributed by atoms with E-state index in [0.717, 1.165) is 48.0 Å². The van der Waals surface area contributed by atoms with E-state index >= 15 is 0 Å². The third kappa shape index (κ3) is 5.18. The summed E-state index contributed by atoms with van der Waals surface area (Å²) in [7, 11) is 0. The van der Waals surface area contributed by atoms with Crippen LogP contribution in [-0.2, 0) is 4.79 Å². The number of carbonyl (C=O) groups is 2. The first-order chi connectivity index (χ1) is 13.9. The maximum Gasteiger partial charge on any atom is 0.265 e. The number of carbonyl (C=O) groups excluding carboxylic acids is 2. The second-order valence-corrected chi connectivity index (χ2v) is 8.43. The smallest absolute Gasteiger partial charge is 0.265 e. The van der Waals surface area contributed by atoms with Crippen molar-refractivity contribution < 1.29 is 14.3 Å². The van der Waals surface area contributed by atoms with Gasteiger partial charge in [0.2, 0.25) is 0 Å². The van der Waals surface area contributed by atoms with Crippen LogP contribution in [0.4, 0.5) is 5.69 Å². The van der Waals surface area contributed by atoms with Gasteiger partial charge in [-0.25, -0.2) is 0 Å². The second-order valence-electron chi connectivity index (χ2n) is 7.52. The molecular weight excluding hydrogens is 432 g/mol. The number of aryl methyl sites for hydroxylation is 2. The van der Waals surface area contributed by atoms with Crippen molar-refractivity contribution in [3.63, 3.8) is 0 Å². The lowest BCUT2D eigenvalue weighted by Crippen LogP contribution is -2.36. The minimum absolute atomic E-state index is 0.0335. The van der Waals surface area contributed by atoms with Gasteiger partial charge in [0.05, 0.1) is 11.3 Å². The number of amides is 2. The monoisotopic (exact) mass is 458 g/mol. The third-order valence-corrected chi connectivity index (χ3v) is 5.61. The van der Waals surface area contributed by atoms with E-state index in [0.29, 0.717) is 17.0 Å². The quantitative estimate of drug-likeness (QED) is 0.677. The van der Waals surface area contributed by atoms with Gasteiger partial charge < -0.3 is 15.0 Å². The second kappa shape index (κ2) is 9.44. The number of nitrogens with zero attached hydrogens (tertiary/aromatic N) is 1. The van der Waals surface area contributed by atoms with E-state index in [1.54, 1.807) is 19.1 Å². The highest BCUT2D eigenvalue weighted by Gasteiger charge is 2.23. The summed E-state index contributed by atoms with van der Waals surface area (Å²) < 4.78 is 6.93. The van der Waals surface area contributed by atoms with E-state index in [9.17, 15) is 9.59 Å². The fraction of sp³-hybridized carbons (Fsp3) is 0.391. The number of benzene rings is 2. The summed E-state index contributed by atoms with van der Waals surface area (Å²) in [5, 5.41) is 2.88. The Kier molecular flexibility index (Phi) is 6.96. The number of ether oxygens (including phenoxy) is 1. The van der Waals surface area contributed by atoms with Crippen molar-refractivity contribution in [1.82, 2.24) is 4.90 Å². The van der Waals surface area contributed by atoms with Gasteiger partial charge in [-0.1, -0.05) is 28.1 Å². The summed E-state index contributed by atoms with van der Waals surface area (Å²) in [6.45, 7) is 7.14. The molecule has 5 nitrogen and oxygen atoms in total. The Balaban J connectivity index is 1.73. The fourth-order valence-corrected chi connectivity index (χ4v) is 4.28. The molecular formula is C23H27BrN2O3. The molecule has 6 heteroatoms. The van der Waals surface area contributed by atoms with Gasteiger partial charge in [-0.2, -0.15) is 0 Å². The normalized spacial score (nSPS) is 15.0. The van der Waals surface area contributed by atoms with E-state index in [-0.39, 0.29) is 11.8 Å². The standard InChI is InChI=1S/C23H27BrN2O3/c1-15-13-18(24)14-16(2)21(15)29-17(3)22(27)25-20-10-6-5-9-19(20)23(28)26-11-7-4-8-12-26/h5-6,9-10,13-14,17H,4,7-8,11-12H2,1-3H3,(H,25,27). The SMILES string of the molecule is Cc1cc(Br)cc(C)c1OC(C)C(=O)Nc1ccccc1C(=O)N1CCCCC1. The molecule has 1 aliphatic heterocycles. The molecule has 29 heavy (non-hydrogen) atoms. The van der Waals surface area contributed by atoms with Gasteiger partial charge in [0.25, 0.3) is 11.8 Å². The molecule has 154 valence electrons. The molecule has 0 bridgehead atoms. The number of anilines is 1. The lowest BCUT2D eigenvalue weighted by molar-refractivity contribution is -0.122. The van der Waals surface area contributed by atoms with Gasteiger partial charge >= 0.3 is 0 Å². The predicted molar refractivity (Wildman–Crippen MR) is 119 cm³/mol. The molecule has 0 aromatic heterocycles. The maximum absolute atomic E-state index is 12.9. The number of hydrogen-bond donors (Lipinski definition) is 1. The van der Waals surface area contributed by atoms with Crippen LogP contribution < -0.4 is 10.1 Å². The van der Waals surface area contributed by atoms with Crippen LogP contribution in [0.25, 0.3) is 0 Å². The van der Waals surface area contributed by atoms with E-state index in [1.165, 1.54) is 0 Å². The van der Waals surface area contributed by atoms with E-state index in [4.69, 9.17) is 4.74 Å². The number of rotatable bonds is 5. The maximum atomic E-state index is 12.9. The van der Waals surface area contributed by atoms with Crippen LogP contribution in [0.15, 0.2) is 40.9 Å². The lowest BCUT2D eigenvalue weighted by Gasteiger charge is -2.27. The molecule has 1 fully saturated rings. The minimum Gasteiger partial charge on any atom is -0.480 e. The minimum atomic E-state index is -0.702. The first-order valence-corrected chi connectivity index (χ1v) is 10.8. The number of halogens is 1. The van der Waals surface area contributed by atoms with Crippen molar-refractivity contribution in [3.8, 4) is 5.75 Å². The molecule has 1 aliphatic rings. The molecule has 0 radical (unpaired) electrons. The van der Waals surface area contributed by atoms with Crippen LogP contribution in [0, 0.1) is 13.8 Å². The molecule has 1 atom stereocenters. The molecule has 2 aromatic carbocycles. The molecule has 1 unspecified atom stereocenters. The number of para-hydroxylation sites is 1. The molecule has 3 rings (SSSR count). The molecule has 0 spiro atoms. The molecule has 0 aliphatic carbocycles. The summed E-state index contributed by atoms with van der Waals surface area (Å²) in [5.41, 5.74) is 2.95. The van der Waals surface area contributed by atoms with Crippen molar-refractivity contribution in [1.29, 1.82) is 0 Å². The van der Waals surface area contributed by atoms with E-state index < -0.39 is 6.10 Å². The van der Waals surface area contributed by atoms with Crippen molar-refractivity contribution >= 4 is 33.4 Å². The summed E-state index contributed by atoms with van der Waals surface area (Å²) >= 11 is 3.47. The highest BCUT2D eigenvalue weighted by atomic mass is 79.9. The van der Waals surface area contributed by atoms with Gasteiger partial charge in [0, 0.05) is 17.6 Å². The number of likely N-dealkylation sites (tertiary alicyclic amines) is 1. The average Bonchev–Trinajstić information content (AvgIpc) is 2.71. The van der Waals surface area contributed by atoms with Crippen molar-refractivity contribution in [2.45, 2.75) is 46.1 Å². The van der Waals surface area contributed by atoms with Crippen LogP contribution in [0.1, 0.15) is 47.7 Å². The first-order valence-electron chi connectivity index (χ1n) is 9.99. The molecule has 2 amide bonds. The van der Waals surface area contributed by atoms with Crippen molar-refractivity contribution in [2.75, 3.05) is 18.4 Å². The van der Waals surface area contributed by atoms with Crippen LogP contribution in [-0.4, -0.2) is 35.9 Å². The topological polar surface area (TPSA) is 58.6 Å². The Morgan fingerprint density at radius 3 is 2.34 bits per heavy atom. The Morgan fingerprint density at radius 2 is 1.69 bits per heavy atom. The predicted octanol–water partition coefficient (Wildman–Crippen LogP) is 5.10. The first kappa shape index (κ1) is 21.4. The number of piperidine rings is 1. The van der Waals surface area contributed by atoms with E-state index in [1.807, 2.05) is 43.0 Å². The molecule has 1 saturated heterocycles. The summed E-state index contributed by atoms with van der Waals surface area (Å²) in [4.78, 5) is 27.6. The Labute approximate surface area is 180 Å². The van der Waals surface area contributed by atoms with E-state index in [2.05, 4.69) is 21.2 Å². The van der Waals surface area contributed by atoms with Gasteiger partial charge in [0.15, 0.2) is 6.10 Å². The van der Waals surface area contributed by atoms with Crippen LogP contribution >= 0.6 is 15.9 Å². The van der Waals surface area contributed by atoms with Crippen molar-refractivity contribution in [3.05, 3.63) is 57.6 Å². The lowest BCUT2D eigenvalue weighted by atomic mass is 10.1. The third-order valence-electron chi connectivity index (χ3n) is 5.15. The Morgan fingerprint density at radius 1 is 1.07 bits per heavy atom. The molecule has 1 heterocycles. The van der Waals surface area contributed by atoms with Gasteiger partial charge in [-0.3, -0.25) is 9.59 Å². The zero-order valence-corrected chi connectivity index (χ0v) is 18.7. The molecule has 1 N–H and O–H groups in total. The van der Waals surface area contributed by atoms with Gasteiger partial charge in [0.1, 0.15) is 5.75 Å². The molecule has 2 aromatic rings. The molecule has 0 saturated carbocycles. The number of nitrogens with one attached hydrogen (secondary N) is 1. The fourth-order valence-electron chi connectivity index (χ4n) is 3.59. The highest BCUT2D eigenvalue weighted by Crippen LogP contribution is 2.28. The van der Waals surface area contributed by atoms with Crippen molar-refractivity contribution in [2.24, 2.45) is 0 Å². The largest absolute Gasteiger partial charge is 0.480 e. The van der Waals surface area contributed by atoms with Crippen LogP contribution in [0.2, 0.25) is 0 Å². The average molecular weight is 459 g/mol. The Hall–Kier alpha value is -2.34. The van der Waals surface area contributed by atoms with Crippen LogP contribution in [0.5, 0.6) is 5.75 Å². The van der Waals surface area contributed by atoms with Gasteiger partial charge in [-0.05, 0) is 75.4 Å². The zero-order valence-electron chi connectivity index (χ0n) is 17.1. The summed E-state index contributed by atoms with van der Waals surface area (Å²) in [6, 6.07) is 11.1.